The third-order valence-corrected chi connectivity index (χ3v) is 5.92. The van der Waals surface area contributed by atoms with Gasteiger partial charge in [0, 0.05) is 37.4 Å². The average Bonchev–Trinajstić information content (AvgIpc) is 2.62. The minimum absolute atomic E-state index is 0.189. The summed E-state index contributed by atoms with van der Waals surface area (Å²) in [5.41, 5.74) is 0.485. The lowest BCUT2D eigenvalue weighted by molar-refractivity contribution is -0.0448. The first-order valence-electron chi connectivity index (χ1n) is 9.50. The Hall–Kier alpha value is -1.30. The van der Waals surface area contributed by atoms with Crippen molar-refractivity contribution in [1.82, 2.24) is 4.90 Å². The van der Waals surface area contributed by atoms with Gasteiger partial charge in [0.05, 0.1) is 18.8 Å². The van der Waals surface area contributed by atoms with Crippen LogP contribution in [0.5, 0.6) is 5.75 Å². The van der Waals surface area contributed by atoms with Gasteiger partial charge >= 0.3 is 0 Å². The summed E-state index contributed by atoms with van der Waals surface area (Å²) in [6.45, 7) is 2.32. The number of rotatable bonds is 5. The maximum atomic E-state index is 11.0. The lowest BCUT2D eigenvalue weighted by Gasteiger charge is -2.44. The molecule has 3 rings (SSSR count). The summed E-state index contributed by atoms with van der Waals surface area (Å²) >= 11 is 0. The van der Waals surface area contributed by atoms with Gasteiger partial charge in [-0.05, 0) is 44.9 Å². The number of hydrogen-bond donors (Lipinski definition) is 2. The maximum absolute atomic E-state index is 11.0. The molecule has 140 valence electrons. The number of anilines is 1. The Morgan fingerprint density at radius 3 is 2.64 bits per heavy atom. The Kier molecular flexibility index (Phi) is 5.87. The Morgan fingerprint density at radius 1 is 1.24 bits per heavy atom. The Balaban J connectivity index is 1.56. The first kappa shape index (κ1) is 18.5. The second-order valence-electron chi connectivity index (χ2n) is 7.75. The molecule has 1 aliphatic heterocycles. The minimum Gasteiger partial charge on any atom is -0.497 e. The van der Waals surface area contributed by atoms with Crippen molar-refractivity contribution >= 4 is 5.69 Å². The van der Waals surface area contributed by atoms with Crippen LogP contribution in [0.1, 0.15) is 38.5 Å². The second-order valence-corrected chi connectivity index (χ2v) is 7.75. The van der Waals surface area contributed by atoms with E-state index in [1.165, 1.54) is 6.42 Å². The van der Waals surface area contributed by atoms with Crippen molar-refractivity contribution in [2.24, 2.45) is 0 Å². The highest BCUT2D eigenvalue weighted by Crippen LogP contribution is 2.30. The van der Waals surface area contributed by atoms with Crippen molar-refractivity contribution in [3.8, 4) is 5.75 Å². The summed E-state index contributed by atoms with van der Waals surface area (Å²) < 4.78 is 5.31. The lowest BCUT2D eigenvalue weighted by atomic mass is 9.87. The van der Waals surface area contributed by atoms with Gasteiger partial charge in [-0.25, -0.2) is 0 Å². The fourth-order valence-electron chi connectivity index (χ4n) is 4.33. The lowest BCUT2D eigenvalue weighted by Crippen LogP contribution is -2.54. The van der Waals surface area contributed by atoms with E-state index in [0.29, 0.717) is 6.54 Å². The van der Waals surface area contributed by atoms with E-state index in [1.807, 2.05) is 19.2 Å². The van der Waals surface area contributed by atoms with Crippen LogP contribution in [0.2, 0.25) is 0 Å². The second kappa shape index (κ2) is 7.94. The van der Waals surface area contributed by atoms with Gasteiger partial charge in [0.25, 0.3) is 0 Å². The zero-order chi connectivity index (χ0) is 17.9. The average molecular weight is 348 g/mol. The molecular formula is C20H32N2O3. The first-order valence-corrected chi connectivity index (χ1v) is 9.50. The molecule has 1 aromatic carbocycles. The van der Waals surface area contributed by atoms with Crippen LogP contribution in [0, 0.1) is 0 Å². The molecule has 2 aliphatic rings. The summed E-state index contributed by atoms with van der Waals surface area (Å²) in [5.74, 6) is 0.865. The normalized spacial score (nSPS) is 26.7. The fraction of sp³-hybridized carbons (Fsp3) is 0.700. The van der Waals surface area contributed by atoms with E-state index in [-0.39, 0.29) is 12.1 Å². The highest BCUT2D eigenvalue weighted by Gasteiger charge is 2.36. The zero-order valence-electron chi connectivity index (χ0n) is 15.5. The van der Waals surface area contributed by atoms with Gasteiger partial charge in [-0.15, -0.1) is 0 Å². The molecule has 1 aliphatic carbocycles. The first-order chi connectivity index (χ1) is 12.0. The summed E-state index contributed by atoms with van der Waals surface area (Å²) in [7, 11) is 3.73. The number of benzene rings is 1. The number of methoxy groups -OCH3 is 1. The maximum Gasteiger partial charge on any atom is 0.120 e. The van der Waals surface area contributed by atoms with E-state index in [4.69, 9.17) is 4.74 Å². The molecule has 25 heavy (non-hydrogen) atoms. The van der Waals surface area contributed by atoms with Crippen molar-refractivity contribution in [3.63, 3.8) is 0 Å². The molecule has 5 heteroatoms. The molecule has 0 aromatic heterocycles. The monoisotopic (exact) mass is 348 g/mol. The van der Waals surface area contributed by atoms with E-state index in [1.54, 1.807) is 7.11 Å². The number of likely N-dealkylation sites (N-methyl/N-ethyl adjacent to an activating group) is 1. The third kappa shape index (κ3) is 4.46. The van der Waals surface area contributed by atoms with E-state index in [9.17, 15) is 10.2 Å². The van der Waals surface area contributed by atoms with Crippen molar-refractivity contribution in [3.05, 3.63) is 24.3 Å². The molecule has 0 bridgehead atoms. The largest absolute Gasteiger partial charge is 0.497 e. The predicted molar refractivity (Wildman–Crippen MR) is 100 cm³/mol. The van der Waals surface area contributed by atoms with Gasteiger partial charge in [-0.3, -0.25) is 4.90 Å². The molecule has 1 heterocycles. The van der Waals surface area contributed by atoms with Crippen molar-refractivity contribution in [2.75, 3.05) is 38.7 Å². The van der Waals surface area contributed by atoms with Gasteiger partial charge in [-0.1, -0.05) is 18.9 Å². The molecule has 5 nitrogen and oxygen atoms in total. The molecule has 0 amide bonds. The smallest absolute Gasteiger partial charge is 0.120 e. The van der Waals surface area contributed by atoms with E-state index < -0.39 is 5.60 Å². The van der Waals surface area contributed by atoms with Gasteiger partial charge in [0.1, 0.15) is 5.75 Å². The van der Waals surface area contributed by atoms with Gasteiger partial charge in [0.2, 0.25) is 0 Å². The topological polar surface area (TPSA) is 56.2 Å². The van der Waals surface area contributed by atoms with E-state index >= 15 is 0 Å². The van der Waals surface area contributed by atoms with Gasteiger partial charge in [0.15, 0.2) is 0 Å². The fourth-order valence-corrected chi connectivity index (χ4v) is 4.33. The number of hydrogen-bond acceptors (Lipinski definition) is 5. The van der Waals surface area contributed by atoms with Crippen LogP contribution in [0.4, 0.5) is 5.69 Å². The van der Waals surface area contributed by atoms with Crippen LogP contribution in [0.15, 0.2) is 24.3 Å². The van der Waals surface area contributed by atoms with E-state index in [0.717, 1.165) is 56.6 Å². The Labute approximate surface area is 151 Å². The van der Waals surface area contributed by atoms with Crippen molar-refractivity contribution in [1.29, 1.82) is 0 Å². The van der Waals surface area contributed by atoms with Gasteiger partial charge < -0.3 is 19.8 Å². The van der Waals surface area contributed by atoms with Crippen LogP contribution >= 0.6 is 0 Å². The molecule has 0 spiro atoms. The summed E-state index contributed by atoms with van der Waals surface area (Å²) in [4.78, 5) is 4.50. The molecule has 0 radical (unpaired) electrons. The van der Waals surface area contributed by atoms with Crippen LogP contribution in [0.3, 0.4) is 0 Å². The van der Waals surface area contributed by atoms with Crippen molar-refractivity contribution < 1.29 is 14.9 Å². The molecule has 1 saturated carbocycles. The third-order valence-electron chi connectivity index (χ3n) is 5.92. The molecule has 1 saturated heterocycles. The Morgan fingerprint density at radius 2 is 1.96 bits per heavy atom. The summed E-state index contributed by atoms with van der Waals surface area (Å²) in [5, 5.41) is 21.3. The highest BCUT2D eigenvalue weighted by atomic mass is 16.5. The van der Waals surface area contributed by atoms with Crippen LogP contribution < -0.4 is 9.64 Å². The van der Waals surface area contributed by atoms with Crippen LogP contribution in [0.25, 0.3) is 0 Å². The number of nitrogens with zero attached hydrogens (tertiary/aromatic N) is 2. The standard InChI is InChI=1S/C20H32N2O3/c1-21(18-8-3-4-9-19(18)23)15-20(24)10-12-22(13-11-20)16-6-5-7-17(14-16)25-2/h5-7,14,18-19,23-24H,3-4,8-13,15H2,1-2H3/t18-,19-/m0/s1. The SMILES string of the molecule is COc1cccc(N2CCC(O)(CN(C)[C@H]3CCCC[C@@H]3O)CC2)c1. The number of aliphatic hydroxyl groups is 2. The molecular weight excluding hydrogens is 316 g/mol. The summed E-state index contributed by atoms with van der Waals surface area (Å²) in [6.07, 6.45) is 5.45. The number of aliphatic hydroxyl groups excluding tert-OH is 1. The molecule has 0 unspecified atom stereocenters. The minimum atomic E-state index is -0.665. The van der Waals surface area contributed by atoms with Crippen LogP contribution in [-0.4, -0.2) is 66.7 Å². The quantitative estimate of drug-likeness (QED) is 0.855. The van der Waals surface area contributed by atoms with Crippen LogP contribution in [-0.2, 0) is 0 Å². The summed E-state index contributed by atoms with van der Waals surface area (Å²) in [6, 6.07) is 8.29. The number of ether oxygens (including phenoxy) is 1. The predicted octanol–water partition coefficient (Wildman–Crippen LogP) is 2.26. The van der Waals surface area contributed by atoms with E-state index in [2.05, 4.69) is 21.9 Å². The highest BCUT2D eigenvalue weighted by molar-refractivity contribution is 5.51. The van der Waals surface area contributed by atoms with Crippen molar-refractivity contribution in [2.45, 2.75) is 56.3 Å². The Bertz CT molecular complexity index is 558. The molecule has 2 atom stereocenters. The molecule has 2 N–H and O–H groups in total. The van der Waals surface area contributed by atoms with Gasteiger partial charge in [-0.2, -0.15) is 0 Å². The molecule has 2 fully saturated rings. The molecule has 1 aromatic rings. The zero-order valence-corrected chi connectivity index (χ0v) is 15.5. The number of piperidine rings is 1.